The largest absolute Gasteiger partial charge is 0.390 e. The lowest BCUT2D eigenvalue weighted by atomic mass is 10.00. The molecular weight excluding hydrogens is 200 g/mol. The normalized spacial score (nSPS) is 14.1. The molecule has 0 aliphatic heterocycles. The molecule has 0 heterocycles. The van der Waals surface area contributed by atoms with Gasteiger partial charge in [0.15, 0.2) is 0 Å². The zero-order valence-electron chi connectivity index (χ0n) is 9.60. The van der Waals surface area contributed by atoms with E-state index in [1.54, 1.807) is 7.11 Å². The van der Waals surface area contributed by atoms with Crippen molar-refractivity contribution in [2.75, 3.05) is 7.11 Å². The van der Waals surface area contributed by atoms with E-state index in [9.17, 15) is 5.11 Å². The molecule has 0 bridgehead atoms. The molecule has 1 aromatic carbocycles. The number of hydrogen-bond acceptors (Lipinski definition) is 2. The van der Waals surface area contributed by atoms with Gasteiger partial charge in [-0.3, -0.25) is 0 Å². The average Bonchev–Trinajstić information content (AvgIpc) is 2.32. The maximum Gasteiger partial charge on any atom is 0.108 e. The summed E-state index contributed by atoms with van der Waals surface area (Å²) in [5, 5.41) is 10.00. The van der Waals surface area contributed by atoms with Crippen molar-refractivity contribution in [3.63, 3.8) is 0 Å². The lowest BCUT2D eigenvalue weighted by molar-refractivity contribution is -0.0178. The monoisotopic (exact) mass is 218 g/mol. The minimum Gasteiger partial charge on any atom is -0.390 e. The molecule has 86 valence electrons. The standard InChI is InChI=1S/C14H18O2/c1-3-4-6-11-13(15)14(16-2)12-9-7-5-8-10-12/h1,5,7-10,13-15H,4,6,11H2,2H3. The number of terminal acetylenes is 1. The van der Waals surface area contributed by atoms with Crippen molar-refractivity contribution < 1.29 is 9.84 Å². The highest BCUT2D eigenvalue weighted by Crippen LogP contribution is 2.23. The summed E-state index contributed by atoms with van der Waals surface area (Å²) in [6.07, 6.45) is 6.59. The van der Waals surface area contributed by atoms with Gasteiger partial charge in [-0.05, 0) is 18.4 Å². The van der Waals surface area contributed by atoms with Gasteiger partial charge in [-0.1, -0.05) is 30.3 Å². The van der Waals surface area contributed by atoms with Crippen molar-refractivity contribution in [2.45, 2.75) is 31.5 Å². The zero-order chi connectivity index (χ0) is 11.8. The fraction of sp³-hybridized carbons (Fsp3) is 0.429. The smallest absolute Gasteiger partial charge is 0.108 e. The van der Waals surface area contributed by atoms with Gasteiger partial charge in [0.1, 0.15) is 6.10 Å². The molecular formula is C14H18O2. The van der Waals surface area contributed by atoms with Gasteiger partial charge in [-0.15, -0.1) is 12.3 Å². The SMILES string of the molecule is C#CCCCC(O)C(OC)c1ccccc1. The number of methoxy groups -OCH3 is 1. The molecule has 0 amide bonds. The molecule has 1 N–H and O–H groups in total. The van der Waals surface area contributed by atoms with Crippen molar-refractivity contribution >= 4 is 0 Å². The summed E-state index contributed by atoms with van der Waals surface area (Å²) in [5.41, 5.74) is 0.998. The molecule has 0 fully saturated rings. The van der Waals surface area contributed by atoms with Crippen molar-refractivity contribution in [1.82, 2.24) is 0 Å². The molecule has 0 spiro atoms. The van der Waals surface area contributed by atoms with E-state index in [2.05, 4.69) is 5.92 Å². The van der Waals surface area contributed by atoms with Crippen LogP contribution in [0.15, 0.2) is 30.3 Å². The summed E-state index contributed by atoms with van der Waals surface area (Å²) in [6.45, 7) is 0. The third-order valence-corrected chi connectivity index (χ3v) is 2.55. The highest BCUT2D eigenvalue weighted by Gasteiger charge is 2.19. The number of aliphatic hydroxyl groups excluding tert-OH is 1. The first kappa shape index (κ1) is 12.8. The third kappa shape index (κ3) is 3.69. The van der Waals surface area contributed by atoms with Crippen LogP contribution in [0.5, 0.6) is 0 Å². The van der Waals surface area contributed by atoms with Crippen LogP contribution < -0.4 is 0 Å². The lowest BCUT2D eigenvalue weighted by Gasteiger charge is -2.21. The van der Waals surface area contributed by atoms with E-state index < -0.39 is 6.10 Å². The van der Waals surface area contributed by atoms with Gasteiger partial charge in [0.2, 0.25) is 0 Å². The molecule has 16 heavy (non-hydrogen) atoms. The number of aliphatic hydroxyl groups is 1. The van der Waals surface area contributed by atoms with Gasteiger partial charge in [0, 0.05) is 13.5 Å². The van der Waals surface area contributed by atoms with E-state index in [-0.39, 0.29) is 6.10 Å². The Morgan fingerprint density at radius 2 is 2.06 bits per heavy atom. The Kier molecular flexibility index (Phi) is 5.63. The summed E-state index contributed by atoms with van der Waals surface area (Å²) in [5.74, 6) is 2.57. The third-order valence-electron chi connectivity index (χ3n) is 2.55. The van der Waals surface area contributed by atoms with E-state index in [4.69, 9.17) is 11.2 Å². The van der Waals surface area contributed by atoms with E-state index in [0.717, 1.165) is 12.0 Å². The Balaban J connectivity index is 2.57. The highest BCUT2D eigenvalue weighted by atomic mass is 16.5. The van der Waals surface area contributed by atoms with Crippen LogP contribution in [0.1, 0.15) is 30.9 Å². The molecule has 1 rings (SSSR count). The van der Waals surface area contributed by atoms with Crippen molar-refractivity contribution in [1.29, 1.82) is 0 Å². The van der Waals surface area contributed by atoms with Crippen LogP contribution in [0.2, 0.25) is 0 Å². The number of hydrogen-bond donors (Lipinski definition) is 1. The molecule has 1 aromatic rings. The topological polar surface area (TPSA) is 29.5 Å². The van der Waals surface area contributed by atoms with Crippen LogP contribution in [0, 0.1) is 12.3 Å². The second-order valence-electron chi connectivity index (χ2n) is 3.73. The average molecular weight is 218 g/mol. The summed E-state index contributed by atoms with van der Waals surface area (Å²) < 4.78 is 5.33. The van der Waals surface area contributed by atoms with Crippen LogP contribution in [-0.4, -0.2) is 18.3 Å². The zero-order valence-corrected chi connectivity index (χ0v) is 9.60. The van der Waals surface area contributed by atoms with Crippen molar-refractivity contribution in [3.05, 3.63) is 35.9 Å². The van der Waals surface area contributed by atoms with E-state index in [0.29, 0.717) is 12.8 Å². The predicted octanol–water partition coefficient (Wildman–Crippen LogP) is 2.54. The molecule has 0 radical (unpaired) electrons. The second-order valence-corrected chi connectivity index (χ2v) is 3.73. The quantitative estimate of drug-likeness (QED) is 0.587. The predicted molar refractivity (Wildman–Crippen MR) is 64.9 cm³/mol. The van der Waals surface area contributed by atoms with Crippen LogP contribution in [-0.2, 0) is 4.74 Å². The maximum absolute atomic E-state index is 10.00. The molecule has 0 aromatic heterocycles. The minimum absolute atomic E-state index is 0.265. The molecule has 2 heteroatoms. The Hall–Kier alpha value is -1.30. The van der Waals surface area contributed by atoms with Crippen LogP contribution in [0.25, 0.3) is 0 Å². The van der Waals surface area contributed by atoms with Gasteiger partial charge >= 0.3 is 0 Å². The molecule has 0 saturated carbocycles. The molecule has 0 aliphatic carbocycles. The van der Waals surface area contributed by atoms with Crippen molar-refractivity contribution in [3.8, 4) is 12.3 Å². The van der Waals surface area contributed by atoms with Gasteiger partial charge in [0.05, 0.1) is 6.10 Å². The van der Waals surface area contributed by atoms with E-state index >= 15 is 0 Å². The first-order valence-electron chi connectivity index (χ1n) is 5.49. The van der Waals surface area contributed by atoms with Gasteiger partial charge in [-0.2, -0.15) is 0 Å². The fourth-order valence-electron chi connectivity index (χ4n) is 1.72. The molecule has 2 nitrogen and oxygen atoms in total. The number of ether oxygens (including phenoxy) is 1. The Morgan fingerprint density at radius 3 is 2.62 bits per heavy atom. The van der Waals surface area contributed by atoms with Crippen molar-refractivity contribution in [2.24, 2.45) is 0 Å². The Bertz CT molecular complexity index is 326. The van der Waals surface area contributed by atoms with Gasteiger partial charge < -0.3 is 9.84 Å². The van der Waals surface area contributed by atoms with E-state index in [1.165, 1.54) is 0 Å². The first-order valence-corrected chi connectivity index (χ1v) is 5.49. The molecule has 2 atom stereocenters. The first-order chi connectivity index (χ1) is 7.79. The fourth-order valence-corrected chi connectivity index (χ4v) is 1.72. The summed E-state index contributed by atoms with van der Waals surface area (Å²) in [4.78, 5) is 0. The molecule has 0 aliphatic rings. The minimum atomic E-state index is -0.499. The Labute approximate surface area is 97.3 Å². The second kappa shape index (κ2) is 7.05. The van der Waals surface area contributed by atoms with E-state index in [1.807, 2.05) is 30.3 Å². The van der Waals surface area contributed by atoms with Crippen LogP contribution in [0.4, 0.5) is 0 Å². The van der Waals surface area contributed by atoms with Crippen LogP contribution >= 0.6 is 0 Å². The molecule has 0 saturated heterocycles. The summed E-state index contributed by atoms with van der Waals surface area (Å²) in [6, 6.07) is 9.74. The van der Waals surface area contributed by atoms with Gasteiger partial charge in [0.25, 0.3) is 0 Å². The number of rotatable bonds is 6. The summed E-state index contributed by atoms with van der Waals surface area (Å²) >= 11 is 0. The highest BCUT2D eigenvalue weighted by molar-refractivity contribution is 5.18. The Morgan fingerprint density at radius 1 is 1.38 bits per heavy atom. The van der Waals surface area contributed by atoms with Crippen LogP contribution in [0.3, 0.4) is 0 Å². The maximum atomic E-state index is 10.00. The van der Waals surface area contributed by atoms with Gasteiger partial charge in [-0.25, -0.2) is 0 Å². The summed E-state index contributed by atoms with van der Waals surface area (Å²) in [7, 11) is 1.61. The number of benzene rings is 1. The lowest BCUT2D eigenvalue weighted by Crippen LogP contribution is -2.20. The molecule has 2 unspecified atom stereocenters. The number of unbranched alkanes of at least 4 members (excludes halogenated alkanes) is 1.